The number of piperazine rings is 1. The molecule has 0 atom stereocenters. The predicted octanol–water partition coefficient (Wildman–Crippen LogP) is 1.64. The van der Waals surface area contributed by atoms with Crippen molar-refractivity contribution in [2.45, 2.75) is 26.3 Å². The Balaban J connectivity index is 1.85. The van der Waals surface area contributed by atoms with Crippen molar-refractivity contribution in [1.82, 2.24) is 20.3 Å². The van der Waals surface area contributed by atoms with E-state index in [4.69, 9.17) is 0 Å². The van der Waals surface area contributed by atoms with Crippen LogP contribution < -0.4 is 10.2 Å². The van der Waals surface area contributed by atoms with Crippen LogP contribution >= 0.6 is 0 Å². The van der Waals surface area contributed by atoms with E-state index in [2.05, 4.69) is 45.7 Å². The van der Waals surface area contributed by atoms with Gasteiger partial charge in [-0.3, -0.25) is 0 Å². The van der Waals surface area contributed by atoms with E-state index in [-0.39, 0.29) is 0 Å². The standard InChI is InChI=1S/C14H21N5/c1-2-3-8-19-14-5-4-12(11-13(14)16-17-19)18-9-6-15-7-10-18/h4-5,11,15H,2-3,6-10H2,1H3. The highest BCUT2D eigenvalue weighted by molar-refractivity contribution is 5.79. The van der Waals surface area contributed by atoms with Gasteiger partial charge in [-0.25, -0.2) is 4.68 Å². The molecule has 3 rings (SSSR count). The molecule has 102 valence electrons. The van der Waals surface area contributed by atoms with Crippen LogP contribution in [-0.2, 0) is 6.54 Å². The average Bonchev–Trinajstić information content (AvgIpc) is 2.88. The lowest BCUT2D eigenvalue weighted by Crippen LogP contribution is -2.43. The molecule has 0 radical (unpaired) electrons. The van der Waals surface area contributed by atoms with Crippen molar-refractivity contribution in [2.75, 3.05) is 31.1 Å². The molecule has 0 spiro atoms. The molecule has 5 heteroatoms. The van der Waals surface area contributed by atoms with Crippen LogP contribution in [0, 0.1) is 0 Å². The van der Waals surface area contributed by atoms with Crippen molar-refractivity contribution < 1.29 is 0 Å². The lowest BCUT2D eigenvalue weighted by Gasteiger charge is -2.29. The van der Waals surface area contributed by atoms with Crippen LogP contribution in [0.3, 0.4) is 0 Å². The Morgan fingerprint density at radius 2 is 2.11 bits per heavy atom. The second-order valence-corrected chi connectivity index (χ2v) is 5.08. The van der Waals surface area contributed by atoms with Gasteiger partial charge in [-0.1, -0.05) is 18.6 Å². The van der Waals surface area contributed by atoms with Gasteiger partial charge in [-0.2, -0.15) is 0 Å². The van der Waals surface area contributed by atoms with Crippen molar-refractivity contribution in [3.63, 3.8) is 0 Å². The molecule has 5 nitrogen and oxygen atoms in total. The molecule has 0 aliphatic carbocycles. The van der Waals surface area contributed by atoms with Crippen molar-refractivity contribution in [1.29, 1.82) is 0 Å². The number of aryl methyl sites for hydroxylation is 1. The molecule has 1 aliphatic rings. The molecule has 1 aromatic heterocycles. The van der Waals surface area contributed by atoms with Crippen molar-refractivity contribution in [2.24, 2.45) is 0 Å². The molecule has 1 fully saturated rings. The summed E-state index contributed by atoms with van der Waals surface area (Å²) in [7, 11) is 0. The minimum atomic E-state index is 0.958. The van der Waals surface area contributed by atoms with Crippen LogP contribution in [0.15, 0.2) is 18.2 Å². The fourth-order valence-electron chi connectivity index (χ4n) is 2.55. The fraction of sp³-hybridized carbons (Fsp3) is 0.571. The number of unbranched alkanes of at least 4 members (excludes halogenated alkanes) is 1. The smallest absolute Gasteiger partial charge is 0.115 e. The van der Waals surface area contributed by atoms with Gasteiger partial charge in [0.15, 0.2) is 0 Å². The lowest BCUT2D eigenvalue weighted by molar-refractivity contribution is 0.567. The van der Waals surface area contributed by atoms with Gasteiger partial charge in [0, 0.05) is 38.4 Å². The van der Waals surface area contributed by atoms with Gasteiger partial charge in [0.25, 0.3) is 0 Å². The van der Waals surface area contributed by atoms with Gasteiger partial charge in [0.1, 0.15) is 5.52 Å². The third-order valence-corrected chi connectivity index (χ3v) is 3.70. The van der Waals surface area contributed by atoms with Crippen LogP contribution in [0.1, 0.15) is 19.8 Å². The molecule has 1 N–H and O–H groups in total. The summed E-state index contributed by atoms with van der Waals surface area (Å²) in [6, 6.07) is 6.51. The first kappa shape index (κ1) is 12.4. The summed E-state index contributed by atoms with van der Waals surface area (Å²) >= 11 is 0. The molecule has 1 saturated heterocycles. The van der Waals surface area contributed by atoms with E-state index in [1.807, 2.05) is 4.68 Å². The summed E-state index contributed by atoms with van der Waals surface area (Å²) in [4.78, 5) is 2.40. The first-order valence-corrected chi connectivity index (χ1v) is 7.17. The first-order valence-electron chi connectivity index (χ1n) is 7.17. The number of nitrogens with one attached hydrogen (secondary N) is 1. The molecular formula is C14H21N5. The van der Waals surface area contributed by atoms with E-state index < -0.39 is 0 Å². The van der Waals surface area contributed by atoms with Gasteiger partial charge in [-0.05, 0) is 24.6 Å². The van der Waals surface area contributed by atoms with Gasteiger partial charge in [-0.15, -0.1) is 5.10 Å². The molecule has 0 bridgehead atoms. The van der Waals surface area contributed by atoms with Crippen LogP contribution in [0.5, 0.6) is 0 Å². The molecule has 2 heterocycles. The second-order valence-electron chi connectivity index (χ2n) is 5.08. The van der Waals surface area contributed by atoms with Crippen LogP contribution in [0.25, 0.3) is 11.0 Å². The normalized spacial score (nSPS) is 16.2. The number of aromatic nitrogens is 3. The van der Waals surface area contributed by atoms with E-state index in [1.165, 1.54) is 12.1 Å². The minimum absolute atomic E-state index is 0.958. The quantitative estimate of drug-likeness (QED) is 0.906. The summed E-state index contributed by atoms with van der Waals surface area (Å²) in [5.41, 5.74) is 3.41. The van der Waals surface area contributed by atoms with E-state index in [1.54, 1.807) is 0 Å². The molecule has 2 aromatic rings. The zero-order chi connectivity index (χ0) is 13.1. The number of benzene rings is 1. The zero-order valence-electron chi connectivity index (χ0n) is 11.5. The maximum absolute atomic E-state index is 4.30. The number of rotatable bonds is 4. The van der Waals surface area contributed by atoms with E-state index in [0.29, 0.717) is 0 Å². The third kappa shape index (κ3) is 2.56. The Labute approximate surface area is 113 Å². The predicted molar refractivity (Wildman–Crippen MR) is 77.5 cm³/mol. The summed E-state index contributed by atoms with van der Waals surface area (Å²) in [6.45, 7) is 7.40. The molecule has 0 unspecified atom stereocenters. The highest BCUT2D eigenvalue weighted by Crippen LogP contribution is 2.21. The van der Waals surface area contributed by atoms with Gasteiger partial charge >= 0.3 is 0 Å². The first-order chi connectivity index (χ1) is 9.38. The van der Waals surface area contributed by atoms with E-state index in [9.17, 15) is 0 Å². The molecule has 19 heavy (non-hydrogen) atoms. The maximum Gasteiger partial charge on any atom is 0.115 e. The Morgan fingerprint density at radius 3 is 2.89 bits per heavy atom. The van der Waals surface area contributed by atoms with Crippen LogP contribution in [0.2, 0.25) is 0 Å². The Bertz CT molecular complexity index is 542. The minimum Gasteiger partial charge on any atom is -0.369 e. The summed E-state index contributed by atoms with van der Waals surface area (Å²) in [6.07, 6.45) is 2.33. The van der Waals surface area contributed by atoms with Gasteiger partial charge in [0.2, 0.25) is 0 Å². The highest BCUT2D eigenvalue weighted by Gasteiger charge is 2.12. The zero-order valence-corrected chi connectivity index (χ0v) is 11.5. The molecule has 0 amide bonds. The SMILES string of the molecule is CCCCn1nnc2cc(N3CCNCC3)ccc21. The average molecular weight is 259 g/mol. The van der Waals surface area contributed by atoms with Crippen LogP contribution in [-0.4, -0.2) is 41.2 Å². The number of nitrogens with zero attached hydrogens (tertiary/aromatic N) is 4. The lowest BCUT2D eigenvalue weighted by atomic mass is 10.2. The Hall–Kier alpha value is -1.62. The number of anilines is 1. The monoisotopic (exact) mass is 259 g/mol. The Morgan fingerprint density at radius 1 is 1.26 bits per heavy atom. The van der Waals surface area contributed by atoms with E-state index >= 15 is 0 Å². The molecule has 0 saturated carbocycles. The molecule has 1 aromatic carbocycles. The topological polar surface area (TPSA) is 46.0 Å². The molecule has 1 aliphatic heterocycles. The van der Waals surface area contributed by atoms with Crippen molar-refractivity contribution in [3.05, 3.63) is 18.2 Å². The fourth-order valence-corrected chi connectivity index (χ4v) is 2.55. The number of hydrogen-bond acceptors (Lipinski definition) is 4. The number of hydrogen-bond donors (Lipinski definition) is 1. The summed E-state index contributed by atoms with van der Waals surface area (Å²) < 4.78 is 2.01. The third-order valence-electron chi connectivity index (χ3n) is 3.70. The summed E-state index contributed by atoms with van der Waals surface area (Å²) in [5.74, 6) is 0. The van der Waals surface area contributed by atoms with Crippen molar-refractivity contribution >= 4 is 16.7 Å². The Kier molecular flexibility index (Phi) is 3.64. The number of fused-ring (bicyclic) bond motifs is 1. The molecular weight excluding hydrogens is 238 g/mol. The second kappa shape index (κ2) is 5.57. The van der Waals surface area contributed by atoms with Crippen molar-refractivity contribution in [3.8, 4) is 0 Å². The van der Waals surface area contributed by atoms with Gasteiger partial charge < -0.3 is 10.2 Å². The van der Waals surface area contributed by atoms with Crippen LogP contribution in [0.4, 0.5) is 5.69 Å². The summed E-state index contributed by atoms with van der Waals surface area (Å²) in [5, 5.41) is 11.9. The largest absolute Gasteiger partial charge is 0.369 e. The van der Waals surface area contributed by atoms with E-state index in [0.717, 1.165) is 50.2 Å². The van der Waals surface area contributed by atoms with Gasteiger partial charge in [0.05, 0.1) is 5.52 Å². The maximum atomic E-state index is 4.30. The highest BCUT2D eigenvalue weighted by atomic mass is 15.4.